The van der Waals surface area contributed by atoms with E-state index in [-0.39, 0.29) is 0 Å². The molecule has 0 aliphatic rings. The smallest absolute Gasteiger partial charge is 0.334 e. The van der Waals surface area contributed by atoms with Gasteiger partial charge in [0.15, 0.2) is 0 Å². The molecule has 0 rings (SSSR count). The highest BCUT2D eigenvalue weighted by molar-refractivity contribution is 6.66. The Labute approximate surface area is 202 Å². The van der Waals surface area contributed by atoms with Crippen LogP contribution in [0.4, 0.5) is 0 Å². The van der Waals surface area contributed by atoms with E-state index < -0.39 is 25.7 Å². The Morgan fingerprint density at radius 3 is 0.844 bits per heavy atom. The quantitative estimate of drug-likeness (QED) is 0.128. The summed E-state index contributed by atoms with van der Waals surface area (Å²) in [5, 5.41) is 0. The third kappa shape index (κ3) is 12.8. The molecule has 0 atom stereocenters. The average molecular weight is 511 g/mol. The highest BCUT2D eigenvalue weighted by Gasteiger charge is 2.32. The van der Waals surface area contributed by atoms with Gasteiger partial charge >= 0.3 is 25.7 Å². The van der Waals surface area contributed by atoms with Crippen LogP contribution in [0.25, 0.3) is 0 Å². The van der Waals surface area contributed by atoms with E-state index in [1.165, 1.54) is 57.8 Å². The largest absolute Gasteiger partial charge is 0.398 e. The normalized spacial score (nSPS) is 13.7. The van der Waals surface area contributed by atoms with Crippen LogP contribution in [0.2, 0.25) is 37.8 Å². The molecule has 0 aromatic heterocycles. The molecule has 0 saturated carbocycles. The summed E-state index contributed by atoms with van der Waals surface area (Å²) in [6.07, 6.45) is 11.0. The van der Waals surface area contributed by atoms with E-state index in [0.717, 1.165) is 18.1 Å². The lowest BCUT2D eigenvalue weighted by Crippen LogP contribution is -2.36. The predicted octanol–water partition coefficient (Wildman–Crippen LogP) is 6.60. The summed E-state index contributed by atoms with van der Waals surface area (Å²) in [4.78, 5) is 0. The fraction of sp³-hybridized carbons (Fsp3) is 1.00. The predicted molar refractivity (Wildman–Crippen MR) is 141 cm³/mol. The Balaban J connectivity index is 4.74. The van der Waals surface area contributed by atoms with E-state index in [4.69, 9.17) is 26.6 Å². The van der Waals surface area contributed by atoms with Gasteiger partial charge in [-0.3, -0.25) is 0 Å². The minimum atomic E-state index is -1.96. The second-order valence-corrected chi connectivity index (χ2v) is 20.8. The molecule has 0 unspecified atom stereocenters. The van der Waals surface area contributed by atoms with E-state index in [0.29, 0.717) is 5.41 Å². The van der Waals surface area contributed by atoms with Crippen molar-refractivity contribution in [3.63, 3.8) is 0 Å². The summed E-state index contributed by atoms with van der Waals surface area (Å²) in [6.45, 7) is 8.96. The first-order valence-electron chi connectivity index (χ1n) is 12.3. The van der Waals surface area contributed by atoms with Gasteiger partial charge in [-0.25, -0.2) is 0 Å². The maximum absolute atomic E-state index is 5.66. The van der Waals surface area contributed by atoms with Crippen LogP contribution in [-0.4, -0.2) is 68.3 Å². The Bertz CT molecular complexity index is 404. The molecule has 0 heterocycles. The summed E-state index contributed by atoms with van der Waals surface area (Å²) in [5.41, 5.74) is 0.369. The number of rotatable bonds is 21. The summed E-state index contributed by atoms with van der Waals surface area (Å²) in [6, 6.07) is 3.19. The lowest BCUT2D eigenvalue weighted by Gasteiger charge is -2.32. The molecule has 0 aliphatic heterocycles. The van der Waals surface area contributed by atoms with E-state index in [9.17, 15) is 0 Å². The van der Waals surface area contributed by atoms with Gasteiger partial charge < -0.3 is 26.6 Å². The monoisotopic (exact) mass is 510 g/mol. The Kier molecular flexibility index (Phi) is 16.4. The van der Waals surface area contributed by atoms with Gasteiger partial charge in [-0.05, 0) is 62.5 Å². The van der Waals surface area contributed by atoms with Gasteiger partial charge in [-0.15, -0.1) is 0 Å². The lowest BCUT2D eigenvalue weighted by atomic mass is 9.76. The van der Waals surface area contributed by atoms with Crippen LogP contribution in [0.3, 0.4) is 0 Å². The topological polar surface area (TPSA) is 55.4 Å². The fourth-order valence-corrected chi connectivity index (χ4v) is 8.63. The second-order valence-electron chi connectivity index (χ2n) is 10.1. The fourth-order valence-electron chi connectivity index (χ4n) is 4.23. The van der Waals surface area contributed by atoms with Crippen molar-refractivity contribution in [2.24, 2.45) is 5.41 Å². The number of unbranched alkanes of at least 4 members (excludes halogenated alkanes) is 3. The van der Waals surface area contributed by atoms with Gasteiger partial charge in [0.05, 0.1) is 0 Å². The maximum Gasteiger partial charge on any atom is 0.334 e. The van der Waals surface area contributed by atoms with Crippen LogP contribution in [0.1, 0.15) is 64.7 Å². The second kappa shape index (κ2) is 16.2. The molecule has 0 bridgehead atoms. The Morgan fingerprint density at radius 2 is 0.656 bits per heavy atom. The molecule has 6 nitrogen and oxygen atoms in total. The van der Waals surface area contributed by atoms with Crippen LogP contribution >= 0.6 is 0 Å². The standard InChI is InChI=1S/C23H54O6Si3/c1-23(17-11-14-20-30(8,24-2)25-3,18-12-15-21-31(9,26-4)27-5)19-13-16-22-32(10,28-6)29-7/h11-22H2,1-10H3. The minimum Gasteiger partial charge on any atom is -0.398 e. The van der Waals surface area contributed by atoms with E-state index >= 15 is 0 Å². The molecule has 0 radical (unpaired) electrons. The van der Waals surface area contributed by atoms with Crippen LogP contribution in [0, 0.1) is 5.41 Å². The first-order valence-corrected chi connectivity index (χ1v) is 19.9. The zero-order valence-electron chi connectivity index (χ0n) is 22.9. The zero-order chi connectivity index (χ0) is 24.7. The summed E-state index contributed by atoms with van der Waals surface area (Å²) in [5.74, 6) is 0. The van der Waals surface area contributed by atoms with Crippen molar-refractivity contribution in [1.82, 2.24) is 0 Å². The molecule has 0 fully saturated rings. The van der Waals surface area contributed by atoms with Crippen molar-refractivity contribution in [2.45, 2.75) is 102 Å². The number of hydrogen-bond donors (Lipinski definition) is 0. The van der Waals surface area contributed by atoms with Crippen molar-refractivity contribution >= 4 is 25.7 Å². The Hall–Kier alpha value is 0.411. The third-order valence-electron chi connectivity index (χ3n) is 7.57. The van der Waals surface area contributed by atoms with Gasteiger partial charge in [0.25, 0.3) is 0 Å². The SMILES string of the molecule is CO[Si](C)(CCCCC(C)(CCCC[Si](C)(OC)OC)CCCC[Si](C)(OC)OC)OC. The van der Waals surface area contributed by atoms with Crippen molar-refractivity contribution in [3.8, 4) is 0 Å². The Morgan fingerprint density at radius 1 is 0.438 bits per heavy atom. The highest BCUT2D eigenvalue weighted by Crippen LogP contribution is 2.37. The molecule has 0 N–H and O–H groups in total. The molecule has 0 aromatic carbocycles. The van der Waals surface area contributed by atoms with Crippen LogP contribution < -0.4 is 0 Å². The first kappa shape index (κ1) is 32.4. The van der Waals surface area contributed by atoms with E-state index in [1.54, 1.807) is 42.7 Å². The lowest BCUT2D eigenvalue weighted by molar-refractivity contribution is 0.216. The van der Waals surface area contributed by atoms with Crippen molar-refractivity contribution in [2.75, 3.05) is 42.7 Å². The van der Waals surface area contributed by atoms with Crippen molar-refractivity contribution < 1.29 is 26.6 Å². The van der Waals surface area contributed by atoms with Crippen LogP contribution in [0.5, 0.6) is 0 Å². The summed E-state index contributed by atoms with van der Waals surface area (Å²) < 4.78 is 34.0. The molecule has 9 heteroatoms. The molecule has 0 spiro atoms. The molecule has 0 saturated heterocycles. The third-order valence-corrected chi connectivity index (χ3v) is 16.5. The van der Waals surface area contributed by atoms with Gasteiger partial charge in [-0.1, -0.05) is 45.4 Å². The van der Waals surface area contributed by atoms with Gasteiger partial charge in [0.2, 0.25) is 0 Å². The molecule has 0 amide bonds. The van der Waals surface area contributed by atoms with Crippen molar-refractivity contribution in [1.29, 1.82) is 0 Å². The molecule has 0 aliphatic carbocycles. The number of hydrogen-bond acceptors (Lipinski definition) is 6. The molecule has 0 aromatic rings. The van der Waals surface area contributed by atoms with Gasteiger partial charge in [-0.2, -0.15) is 0 Å². The maximum atomic E-state index is 5.66. The van der Waals surface area contributed by atoms with Crippen LogP contribution in [0.15, 0.2) is 0 Å². The molecular formula is C23H54O6Si3. The zero-order valence-corrected chi connectivity index (χ0v) is 25.9. The van der Waals surface area contributed by atoms with E-state index in [2.05, 4.69) is 26.6 Å². The average Bonchev–Trinajstić information content (AvgIpc) is 2.82. The van der Waals surface area contributed by atoms with Gasteiger partial charge in [0, 0.05) is 42.7 Å². The van der Waals surface area contributed by atoms with E-state index in [1.807, 2.05) is 0 Å². The van der Waals surface area contributed by atoms with Crippen LogP contribution in [-0.2, 0) is 26.6 Å². The molecule has 194 valence electrons. The summed E-state index contributed by atoms with van der Waals surface area (Å²) >= 11 is 0. The first-order chi connectivity index (χ1) is 15.0. The minimum absolute atomic E-state index is 0.369. The summed E-state index contributed by atoms with van der Waals surface area (Å²) in [7, 11) is 4.83. The highest BCUT2D eigenvalue weighted by atomic mass is 28.4. The molecular weight excluding hydrogens is 457 g/mol. The van der Waals surface area contributed by atoms with Crippen molar-refractivity contribution in [3.05, 3.63) is 0 Å². The van der Waals surface area contributed by atoms with Gasteiger partial charge in [0.1, 0.15) is 0 Å². The molecule has 32 heavy (non-hydrogen) atoms.